The highest BCUT2D eigenvalue weighted by Crippen LogP contribution is 2.27. The minimum absolute atomic E-state index is 0.265. The van der Waals surface area contributed by atoms with Gasteiger partial charge in [-0.2, -0.15) is 0 Å². The summed E-state index contributed by atoms with van der Waals surface area (Å²) >= 11 is 3.30. The van der Waals surface area contributed by atoms with Crippen LogP contribution in [0, 0.1) is 0 Å². The molecule has 0 bridgehead atoms. The summed E-state index contributed by atoms with van der Waals surface area (Å²) < 4.78 is 12.0. The molecule has 0 aliphatic heterocycles. The van der Waals surface area contributed by atoms with Crippen LogP contribution in [0.4, 0.5) is 0 Å². The summed E-state index contributed by atoms with van der Waals surface area (Å²) in [6.45, 7) is -0.134. The summed E-state index contributed by atoms with van der Waals surface area (Å²) in [6, 6.07) is 32.8. The molecule has 41 heavy (non-hydrogen) atoms. The smallest absolute Gasteiger partial charge is 0.339 e. The number of para-hydroxylation sites is 1. The van der Waals surface area contributed by atoms with Crippen molar-refractivity contribution in [3.63, 3.8) is 0 Å². The van der Waals surface area contributed by atoms with Gasteiger partial charge in [0.1, 0.15) is 12.4 Å². The Kier molecular flexibility index (Phi) is 8.66. The Morgan fingerprint density at radius 1 is 0.780 bits per heavy atom. The first-order valence-electron chi connectivity index (χ1n) is 12.6. The molecule has 5 rings (SSSR count). The second kappa shape index (κ2) is 12.9. The van der Waals surface area contributed by atoms with E-state index in [1.54, 1.807) is 48.5 Å². The average Bonchev–Trinajstić information content (AvgIpc) is 3.02. The van der Waals surface area contributed by atoms with Gasteiger partial charge < -0.3 is 9.47 Å². The number of hydrazine groups is 1. The molecule has 204 valence electrons. The SMILES string of the molecule is O=C(COC(=O)c1cc(-c2ccc(OCc3ccccc3)cc2)nc2ccccc12)NNC(=O)c1ccc(Br)cc1. The van der Waals surface area contributed by atoms with Crippen LogP contribution in [0.15, 0.2) is 114 Å². The lowest BCUT2D eigenvalue weighted by Gasteiger charge is -2.11. The Morgan fingerprint density at radius 2 is 1.49 bits per heavy atom. The van der Waals surface area contributed by atoms with Crippen molar-refractivity contribution in [2.75, 3.05) is 6.61 Å². The molecule has 0 atom stereocenters. The van der Waals surface area contributed by atoms with Crippen LogP contribution in [-0.4, -0.2) is 29.4 Å². The van der Waals surface area contributed by atoms with Crippen molar-refractivity contribution >= 4 is 44.6 Å². The molecule has 0 aliphatic rings. The highest BCUT2D eigenvalue weighted by atomic mass is 79.9. The number of fused-ring (bicyclic) bond motifs is 1. The van der Waals surface area contributed by atoms with Crippen molar-refractivity contribution in [1.29, 1.82) is 0 Å². The third-order valence-corrected chi connectivity index (χ3v) is 6.62. The van der Waals surface area contributed by atoms with E-state index in [2.05, 4.69) is 26.8 Å². The second-order valence-electron chi connectivity index (χ2n) is 8.96. The van der Waals surface area contributed by atoms with E-state index in [1.165, 1.54) is 0 Å². The van der Waals surface area contributed by atoms with Crippen LogP contribution in [-0.2, 0) is 16.1 Å². The zero-order chi connectivity index (χ0) is 28.6. The summed E-state index contributed by atoms with van der Waals surface area (Å²) in [6.07, 6.45) is 0. The van der Waals surface area contributed by atoms with Crippen molar-refractivity contribution in [2.24, 2.45) is 0 Å². The van der Waals surface area contributed by atoms with Gasteiger partial charge in [-0.1, -0.05) is 64.5 Å². The second-order valence-corrected chi connectivity index (χ2v) is 9.87. The molecule has 0 fully saturated rings. The normalized spacial score (nSPS) is 10.6. The number of nitrogens with zero attached hydrogens (tertiary/aromatic N) is 1. The molecule has 2 amide bonds. The molecule has 2 N–H and O–H groups in total. The first kappa shape index (κ1) is 27.5. The number of carbonyl (C=O) groups is 3. The fourth-order valence-corrected chi connectivity index (χ4v) is 4.26. The van der Waals surface area contributed by atoms with Crippen LogP contribution >= 0.6 is 15.9 Å². The number of hydrogen-bond donors (Lipinski definition) is 2. The lowest BCUT2D eigenvalue weighted by atomic mass is 10.0. The minimum Gasteiger partial charge on any atom is -0.489 e. The highest BCUT2D eigenvalue weighted by Gasteiger charge is 2.17. The van der Waals surface area contributed by atoms with Gasteiger partial charge in [0.15, 0.2) is 6.61 Å². The quantitative estimate of drug-likeness (QED) is 0.168. The topological polar surface area (TPSA) is 107 Å². The number of rotatable bonds is 8. The predicted molar refractivity (Wildman–Crippen MR) is 158 cm³/mol. The Labute approximate surface area is 244 Å². The van der Waals surface area contributed by atoms with Gasteiger partial charge in [0, 0.05) is 21.0 Å². The number of amides is 2. The molecule has 4 aromatic carbocycles. The first-order chi connectivity index (χ1) is 20.0. The zero-order valence-corrected chi connectivity index (χ0v) is 23.3. The number of pyridine rings is 1. The van der Waals surface area contributed by atoms with Gasteiger partial charge in [0.2, 0.25) is 0 Å². The van der Waals surface area contributed by atoms with Crippen molar-refractivity contribution in [1.82, 2.24) is 15.8 Å². The Balaban J connectivity index is 1.25. The van der Waals surface area contributed by atoms with Gasteiger partial charge in [-0.05, 0) is 66.2 Å². The van der Waals surface area contributed by atoms with Gasteiger partial charge in [0.25, 0.3) is 11.8 Å². The van der Waals surface area contributed by atoms with Gasteiger partial charge in [-0.25, -0.2) is 9.78 Å². The monoisotopic (exact) mass is 609 g/mol. The minimum atomic E-state index is -0.693. The van der Waals surface area contributed by atoms with Crippen molar-refractivity contribution in [3.8, 4) is 17.0 Å². The predicted octanol–water partition coefficient (Wildman–Crippen LogP) is 5.86. The lowest BCUT2D eigenvalue weighted by molar-refractivity contribution is -0.125. The summed E-state index contributed by atoms with van der Waals surface area (Å²) in [7, 11) is 0. The van der Waals surface area contributed by atoms with Gasteiger partial charge in [-0.3, -0.25) is 20.4 Å². The van der Waals surface area contributed by atoms with Crippen molar-refractivity contribution in [2.45, 2.75) is 6.61 Å². The molecule has 8 nitrogen and oxygen atoms in total. The zero-order valence-electron chi connectivity index (χ0n) is 21.7. The number of hydrogen-bond acceptors (Lipinski definition) is 6. The number of esters is 1. The van der Waals surface area contributed by atoms with Gasteiger partial charge >= 0.3 is 5.97 Å². The van der Waals surface area contributed by atoms with Crippen molar-refractivity contribution in [3.05, 3.63) is 130 Å². The van der Waals surface area contributed by atoms with E-state index >= 15 is 0 Å². The first-order valence-corrected chi connectivity index (χ1v) is 13.4. The molecule has 0 aliphatic carbocycles. The molecule has 0 saturated heterocycles. The van der Waals surface area contributed by atoms with Crippen LogP contribution in [0.1, 0.15) is 26.3 Å². The number of benzene rings is 4. The molecule has 0 radical (unpaired) electrons. The fourth-order valence-electron chi connectivity index (χ4n) is 4.00. The maximum atomic E-state index is 13.1. The standard InChI is InChI=1S/C32H24BrN3O5/c33-24-14-10-23(11-15-24)31(38)36-35-30(37)20-41-32(39)27-18-29(34-28-9-5-4-8-26(27)28)22-12-16-25(17-13-22)40-19-21-6-2-1-3-7-21/h1-18H,19-20H2,(H,35,37)(H,36,38). The largest absolute Gasteiger partial charge is 0.489 e. The maximum Gasteiger partial charge on any atom is 0.339 e. The van der Waals surface area contributed by atoms with Crippen LogP contribution < -0.4 is 15.6 Å². The Morgan fingerprint density at radius 3 is 2.24 bits per heavy atom. The molecular weight excluding hydrogens is 586 g/mol. The number of ether oxygens (including phenoxy) is 2. The summed E-state index contributed by atoms with van der Waals surface area (Å²) in [5.41, 5.74) is 8.19. The average molecular weight is 610 g/mol. The van der Waals surface area contributed by atoms with Crippen LogP contribution in [0.25, 0.3) is 22.2 Å². The fraction of sp³-hybridized carbons (Fsp3) is 0.0625. The third kappa shape index (κ3) is 7.14. The van der Waals surface area contributed by atoms with Crippen LogP contribution in [0.2, 0.25) is 0 Å². The molecule has 9 heteroatoms. The summed E-state index contributed by atoms with van der Waals surface area (Å²) in [4.78, 5) is 42.2. The summed E-state index contributed by atoms with van der Waals surface area (Å²) in [5.74, 6) is -1.18. The van der Waals surface area contributed by atoms with Crippen molar-refractivity contribution < 1.29 is 23.9 Å². The molecule has 0 saturated carbocycles. The number of carbonyl (C=O) groups excluding carboxylic acids is 3. The Bertz CT molecular complexity index is 1690. The molecule has 1 aromatic heterocycles. The highest BCUT2D eigenvalue weighted by molar-refractivity contribution is 9.10. The lowest BCUT2D eigenvalue weighted by Crippen LogP contribution is -2.43. The van der Waals surface area contributed by atoms with Crippen LogP contribution in [0.5, 0.6) is 5.75 Å². The molecule has 0 spiro atoms. The molecule has 5 aromatic rings. The van der Waals surface area contributed by atoms with E-state index in [0.29, 0.717) is 34.5 Å². The van der Waals surface area contributed by atoms with Gasteiger partial charge in [0.05, 0.1) is 16.8 Å². The van der Waals surface area contributed by atoms with E-state index in [1.807, 2.05) is 60.7 Å². The number of aromatic nitrogens is 1. The molecular formula is C32H24BrN3O5. The van der Waals surface area contributed by atoms with E-state index < -0.39 is 24.4 Å². The number of nitrogens with one attached hydrogen (secondary N) is 2. The van der Waals surface area contributed by atoms with E-state index in [9.17, 15) is 14.4 Å². The van der Waals surface area contributed by atoms with Crippen LogP contribution in [0.3, 0.4) is 0 Å². The number of halogens is 1. The summed E-state index contributed by atoms with van der Waals surface area (Å²) in [5, 5.41) is 0.591. The van der Waals surface area contributed by atoms with Gasteiger partial charge in [-0.15, -0.1) is 0 Å². The molecule has 1 heterocycles. The van der Waals surface area contributed by atoms with E-state index in [4.69, 9.17) is 14.5 Å². The maximum absolute atomic E-state index is 13.1. The third-order valence-electron chi connectivity index (χ3n) is 6.09. The van der Waals surface area contributed by atoms with E-state index in [0.717, 1.165) is 15.6 Å². The molecule has 0 unspecified atom stereocenters. The van der Waals surface area contributed by atoms with E-state index in [-0.39, 0.29) is 5.56 Å². The Hall–Kier alpha value is -5.02.